The fourth-order valence-electron chi connectivity index (χ4n) is 2.35. The third kappa shape index (κ3) is 17.2. The molecule has 0 saturated carbocycles. The molecule has 0 amide bonds. The predicted octanol–water partition coefficient (Wildman–Crippen LogP) is 6.11. The molecule has 2 nitrogen and oxygen atoms in total. The molecule has 0 spiro atoms. The van der Waals surface area contributed by atoms with E-state index in [-0.39, 0.29) is 0 Å². The van der Waals surface area contributed by atoms with Crippen LogP contribution in [0.3, 0.4) is 0 Å². The van der Waals surface area contributed by atoms with Crippen LogP contribution >= 0.6 is 0 Å². The average Bonchev–Trinajstić information content (AvgIpc) is 2.43. The van der Waals surface area contributed by atoms with Crippen LogP contribution in [0.1, 0.15) is 96.8 Å². The minimum absolute atomic E-state index is 0.332. The predicted molar refractivity (Wildman–Crippen MR) is 87.1 cm³/mol. The number of hydrogen-bond acceptors (Lipinski definition) is 1. The number of aliphatic carboxylic acids is 1. The first-order valence-corrected chi connectivity index (χ1v) is 8.64. The molecule has 0 atom stereocenters. The van der Waals surface area contributed by atoms with Crippen molar-refractivity contribution in [2.24, 2.45) is 0 Å². The highest BCUT2D eigenvalue weighted by atomic mass is 16.5. The first-order valence-electron chi connectivity index (χ1n) is 8.64. The van der Waals surface area contributed by atoms with Crippen LogP contribution in [0.5, 0.6) is 0 Å². The zero-order valence-corrected chi connectivity index (χ0v) is 13.4. The quantitative estimate of drug-likeness (QED) is 0.224. The molecule has 0 fully saturated rings. The summed E-state index contributed by atoms with van der Waals surface area (Å²) in [6.07, 6.45) is 21.2. The normalized spacial score (nSPS) is 11.2. The maximum atomic E-state index is 10.3. The Morgan fingerprint density at radius 2 is 1.20 bits per heavy atom. The van der Waals surface area contributed by atoms with E-state index in [2.05, 4.69) is 19.1 Å². The minimum Gasteiger partial charge on any atom is -0.481 e. The fourth-order valence-corrected chi connectivity index (χ4v) is 2.35. The molecule has 1 N–H and O–H groups in total. The van der Waals surface area contributed by atoms with E-state index in [1.807, 2.05) is 0 Å². The van der Waals surface area contributed by atoms with Crippen LogP contribution in [-0.4, -0.2) is 11.1 Å². The Morgan fingerprint density at radius 1 is 0.750 bits per heavy atom. The number of carbonyl (C=O) groups is 1. The van der Waals surface area contributed by atoms with Crippen molar-refractivity contribution in [3.8, 4) is 0 Å². The monoisotopic (exact) mass is 289 g/mol. The van der Waals surface area contributed by atoms with E-state index < -0.39 is 5.97 Å². The van der Waals surface area contributed by atoms with E-state index in [9.17, 15) is 4.79 Å². The molecule has 0 aliphatic carbocycles. The van der Waals surface area contributed by atoms with E-state index in [0.717, 1.165) is 12.8 Å². The van der Waals surface area contributed by atoms with Gasteiger partial charge in [0.1, 0.15) is 0 Å². The van der Waals surface area contributed by atoms with Gasteiger partial charge in [-0.1, -0.05) is 70.4 Å². The van der Waals surface area contributed by atoms with Gasteiger partial charge in [0, 0.05) is 6.42 Å². The second kappa shape index (κ2) is 16.3. The molecule has 20 heavy (non-hydrogen) atoms. The number of carboxylic acid groups (broad SMARTS) is 1. The third-order valence-corrected chi connectivity index (χ3v) is 3.65. The lowest BCUT2D eigenvalue weighted by molar-refractivity contribution is -0.137. The summed E-state index contributed by atoms with van der Waals surface area (Å²) in [5.41, 5.74) is 0. The zero-order valence-electron chi connectivity index (χ0n) is 13.4. The molecular formula is C18H34O2. The zero-order chi connectivity index (χ0) is 14.9. The van der Waals surface area contributed by atoms with Crippen LogP contribution in [0.25, 0.3) is 0 Å². The van der Waals surface area contributed by atoms with Gasteiger partial charge in [0.2, 0.25) is 0 Å². The molecule has 0 saturated heterocycles. The van der Waals surface area contributed by atoms with Crippen LogP contribution in [0, 0.1) is 0 Å². The molecule has 0 heterocycles. The van der Waals surface area contributed by atoms with Gasteiger partial charge >= 0.3 is 5.97 Å². The van der Waals surface area contributed by atoms with Crippen molar-refractivity contribution in [1.82, 2.24) is 0 Å². The number of hydrogen-bond donors (Lipinski definition) is 1. The smallest absolute Gasteiger partial charge is 0.303 e. The molecule has 2 heteroatoms. The van der Waals surface area contributed by atoms with Gasteiger partial charge < -0.3 is 5.11 Å². The molecule has 118 valence electrons. The highest BCUT2D eigenvalue weighted by Crippen LogP contribution is 2.09. The van der Waals surface area contributed by atoms with Crippen LogP contribution in [0.4, 0.5) is 0 Å². The summed E-state index contributed by atoms with van der Waals surface area (Å²) in [5, 5.41) is 8.51. The van der Waals surface area contributed by atoms with Crippen molar-refractivity contribution in [2.75, 3.05) is 0 Å². The van der Waals surface area contributed by atoms with E-state index in [4.69, 9.17) is 5.11 Å². The van der Waals surface area contributed by atoms with Gasteiger partial charge in [0.05, 0.1) is 0 Å². The van der Waals surface area contributed by atoms with Crippen molar-refractivity contribution in [3.05, 3.63) is 12.2 Å². The van der Waals surface area contributed by atoms with Crippen molar-refractivity contribution in [2.45, 2.75) is 96.8 Å². The Hall–Kier alpha value is -0.790. The lowest BCUT2D eigenvalue weighted by Gasteiger charge is -1.99. The summed E-state index contributed by atoms with van der Waals surface area (Å²) in [7, 11) is 0. The highest BCUT2D eigenvalue weighted by Gasteiger charge is 1.95. The number of unbranched alkanes of at least 4 members (excludes halogenated alkanes) is 11. The van der Waals surface area contributed by atoms with Crippen LogP contribution in [0.15, 0.2) is 12.2 Å². The van der Waals surface area contributed by atoms with Gasteiger partial charge in [-0.05, 0) is 32.1 Å². The Kier molecular flexibility index (Phi) is 15.6. The van der Waals surface area contributed by atoms with Gasteiger partial charge in [-0.3, -0.25) is 4.79 Å². The summed E-state index contributed by atoms with van der Waals surface area (Å²) in [5.74, 6) is -0.664. The molecule has 0 aromatic carbocycles. The van der Waals surface area contributed by atoms with Gasteiger partial charge in [-0.15, -0.1) is 0 Å². The van der Waals surface area contributed by atoms with Crippen molar-refractivity contribution in [1.29, 1.82) is 0 Å². The summed E-state index contributed by atoms with van der Waals surface area (Å²) in [6, 6.07) is 0. The molecular weight excluding hydrogens is 255 g/mol. The summed E-state index contributed by atoms with van der Waals surface area (Å²) < 4.78 is 0. The average molecular weight is 289 g/mol. The van der Waals surface area contributed by atoms with Gasteiger partial charge in [-0.2, -0.15) is 0 Å². The molecule has 0 aliphatic heterocycles. The SMILES string of the molecule is CCCCCCCC[13CH]=[13CH][13CH2][13CH2]CCC[13CH2][13CH2][13C](=O)O. The minimum atomic E-state index is -0.664. The highest BCUT2D eigenvalue weighted by molar-refractivity contribution is 5.66. The Bertz CT molecular complexity index is 234. The second-order valence-corrected chi connectivity index (χ2v) is 5.73. The van der Waals surface area contributed by atoms with E-state index >= 15 is 0 Å². The van der Waals surface area contributed by atoms with E-state index in [0.29, 0.717) is 6.42 Å². The fraction of sp³-hybridized carbons (Fsp3) is 0.833. The second-order valence-electron chi connectivity index (χ2n) is 5.73. The third-order valence-electron chi connectivity index (χ3n) is 3.65. The van der Waals surface area contributed by atoms with Crippen molar-refractivity contribution < 1.29 is 9.90 Å². The first kappa shape index (κ1) is 19.2. The first-order chi connectivity index (χ1) is 9.77. The molecule has 0 bridgehead atoms. The number of rotatable bonds is 15. The number of allylic oxidation sites excluding steroid dienone is 2. The van der Waals surface area contributed by atoms with E-state index in [1.54, 1.807) is 0 Å². The lowest BCUT2D eigenvalue weighted by atomic mass is 10.1. The van der Waals surface area contributed by atoms with Crippen molar-refractivity contribution >= 4 is 5.97 Å². The van der Waals surface area contributed by atoms with Crippen LogP contribution in [0.2, 0.25) is 0 Å². The molecule has 0 aliphatic rings. The maximum Gasteiger partial charge on any atom is 0.303 e. The summed E-state index contributed by atoms with van der Waals surface area (Å²) >= 11 is 0. The number of carboxylic acids is 1. The Balaban J connectivity index is 3.07. The Morgan fingerprint density at radius 3 is 1.70 bits per heavy atom. The van der Waals surface area contributed by atoms with Crippen molar-refractivity contribution in [3.63, 3.8) is 0 Å². The Labute approximate surface area is 125 Å². The van der Waals surface area contributed by atoms with Gasteiger partial charge in [0.15, 0.2) is 0 Å². The maximum absolute atomic E-state index is 10.3. The lowest BCUT2D eigenvalue weighted by Crippen LogP contribution is -1.93. The van der Waals surface area contributed by atoms with Gasteiger partial charge in [-0.25, -0.2) is 0 Å². The molecule has 0 unspecified atom stereocenters. The molecule has 0 rings (SSSR count). The van der Waals surface area contributed by atoms with Crippen LogP contribution < -0.4 is 0 Å². The topological polar surface area (TPSA) is 37.3 Å². The molecule has 0 aromatic rings. The largest absolute Gasteiger partial charge is 0.481 e. The molecule has 0 radical (unpaired) electrons. The molecule has 0 aromatic heterocycles. The van der Waals surface area contributed by atoms with Gasteiger partial charge in [0.25, 0.3) is 0 Å². The summed E-state index contributed by atoms with van der Waals surface area (Å²) in [6.45, 7) is 2.26. The summed E-state index contributed by atoms with van der Waals surface area (Å²) in [4.78, 5) is 10.3. The van der Waals surface area contributed by atoms with Crippen LogP contribution in [-0.2, 0) is 4.79 Å². The standard InChI is InChI=1S/C18H34O2/c1-2-3-4-5-6-7-8-9-10-11-12-13-14-15-16-17-18(19)20/h9-10H,2-8,11-17H2,1H3,(H,19,20)/i9+1,10+1,11+1,12+1,16+1,17+1,18+1. The van der Waals surface area contributed by atoms with E-state index in [1.165, 1.54) is 70.6 Å².